The van der Waals surface area contributed by atoms with Gasteiger partial charge in [-0.25, -0.2) is 4.39 Å². The van der Waals surface area contributed by atoms with E-state index in [4.69, 9.17) is 0 Å². The van der Waals surface area contributed by atoms with Gasteiger partial charge in [-0.1, -0.05) is 18.2 Å². The Labute approximate surface area is 116 Å². The van der Waals surface area contributed by atoms with E-state index in [1.54, 1.807) is 25.1 Å². The molecule has 0 aliphatic carbocycles. The summed E-state index contributed by atoms with van der Waals surface area (Å²) >= 11 is 0. The molecule has 4 heteroatoms. The monoisotopic (exact) mass is 271 g/mol. The van der Waals surface area contributed by atoms with Crippen LogP contribution in [-0.2, 0) is 11.2 Å². The zero-order chi connectivity index (χ0) is 14.3. The molecule has 3 nitrogen and oxygen atoms in total. The summed E-state index contributed by atoms with van der Waals surface area (Å²) in [4.78, 5) is 11.3. The fraction of sp³-hybridized carbons (Fsp3) is 0.188. The summed E-state index contributed by atoms with van der Waals surface area (Å²) in [6.07, 6.45) is -0.491. The first-order chi connectivity index (χ1) is 9.54. The van der Waals surface area contributed by atoms with Gasteiger partial charge < -0.3 is 10.4 Å². The van der Waals surface area contributed by atoms with E-state index < -0.39 is 6.10 Å². The van der Waals surface area contributed by atoms with Gasteiger partial charge in [0.25, 0.3) is 0 Å². The Hall–Kier alpha value is -2.20. The van der Waals surface area contributed by atoms with Crippen LogP contribution in [0.15, 0.2) is 36.4 Å². The van der Waals surface area contributed by atoms with Crippen LogP contribution in [0.1, 0.15) is 28.4 Å². The normalized spacial score (nSPS) is 14.8. The second kappa shape index (κ2) is 4.72. The molecule has 0 spiro atoms. The van der Waals surface area contributed by atoms with Crippen LogP contribution < -0.4 is 5.32 Å². The topological polar surface area (TPSA) is 49.3 Å². The molecule has 0 fully saturated rings. The molecular formula is C16H14FNO2. The van der Waals surface area contributed by atoms with E-state index in [2.05, 4.69) is 5.32 Å². The minimum absolute atomic E-state index is 0.0374. The third-order valence-corrected chi connectivity index (χ3v) is 3.60. The van der Waals surface area contributed by atoms with Crippen LogP contribution >= 0.6 is 0 Å². The third kappa shape index (κ3) is 2.18. The molecule has 1 aliphatic heterocycles. The fourth-order valence-corrected chi connectivity index (χ4v) is 2.54. The van der Waals surface area contributed by atoms with Crippen molar-refractivity contribution in [2.24, 2.45) is 0 Å². The largest absolute Gasteiger partial charge is 0.384 e. The average molecular weight is 271 g/mol. The minimum atomic E-state index is -0.823. The van der Waals surface area contributed by atoms with Gasteiger partial charge >= 0.3 is 0 Å². The Morgan fingerprint density at radius 3 is 2.80 bits per heavy atom. The molecule has 1 amide bonds. The summed E-state index contributed by atoms with van der Waals surface area (Å²) in [6, 6.07) is 9.71. The number of carbonyl (C=O) groups is 1. The third-order valence-electron chi connectivity index (χ3n) is 3.60. The van der Waals surface area contributed by atoms with Gasteiger partial charge in [-0.2, -0.15) is 0 Å². The molecule has 0 aromatic heterocycles. The summed E-state index contributed by atoms with van der Waals surface area (Å²) in [7, 11) is 0. The van der Waals surface area contributed by atoms with Gasteiger partial charge in [0.1, 0.15) is 11.9 Å². The first-order valence-electron chi connectivity index (χ1n) is 6.41. The van der Waals surface area contributed by atoms with Crippen molar-refractivity contribution in [2.45, 2.75) is 19.4 Å². The number of nitrogens with one attached hydrogen (secondary N) is 1. The molecule has 1 heterocycles. The average Bonchev–Trinajstić information content (AvgIpc) is 2.77. The Morgan fingerprint density at radius 1 is 1.25 bits per heavy atom. The van der Waals surface area contributed by atoms with E-state index in [1.165, 1.54) is 12.1 Å². The van der Waals surface area contributed by atoms with E-state index in [0.29, 0.717) is 23.1 Å². The first kappa shape index (κ1) is 12.8. The summed E-state index contributed by atoms with van der Waals surface area (Å²) in [5.41, 5.74) is 3.75. The summed E-state index contributed by atoms with van der Waals surface area (Å²) in [5.74, 6) is -0.355. The molecular weight excluding hydrogens is 257 g/mol. The van der Waals surface area contributed by atoms with Crippen LogP contribution in [0.5, 0.6) is 0 Å². The van der Waals surface area contributed by atoms with Crippen LogP contribution in [0.4, 0.5) is 10.1 Å². The summed E-state index contributed by atoms with van der Waals surface area (Å²) in [6.45, 7) is 1.76. The SMILES string of the molecule is Cc1cc(F)ccc1C(O)c1ccc2c(c1)CC(=O)N2. The van der Waals surface area contributed by atoms with Crippen molar-refractivity contribution < 1.29 is 14.3 Å². The molecule has 20 heavy (non-hydrogen) atoms. The molecule has 0 bridgehead atoms. The Morgan fingerprint density at radius 2 is 2.05 bits per heavy atom. The number of anilines is 1. The number of hydrogen-bond acceptors (Lipinski definition) is 2. The highest BCUT2D eigenvalue weighted by Gasteiger charge is 2.20. The number of aliphatic hydroxyl groups excluding tert-OH is 1. The maximum Gasteiger partial charge on any atom is 0.228 e. The number of aliphatic hydroxyl groups is 1. The summed E-state index contributed by atoms with van der Waals surface area (Å²) in [5, 5.41) is 13.2. The number of fused-ring (bicyclic) bond motifs is 1. The van der Waals surface area contributed by atoms with Gasteiger partial charge in [-0.05, 0) is 47.4 Å². The second-order valence-corrected chi connectivity index (χ2v) is 5.04. The molecule has 1 aliphatic rings. The smallest absolute Gasteiger partial charge is 0.228 e. The zero-order valence-corrected chi connectivity index (χ0v) is 11.0. The molecule has 2 aromatic carbocycles. The Balaban J connectivity index is 1.97. The van der Waals surface area contributed by atoms with Gasteiger partial charge in [0.05, 0.1) is 6.42 Å². The number of halogens is 1. The molecule has 2 N–H and O–H groups in total. The second-order valence-electron chi connectivity index (χ2n) is 5.04. The van der Waals surface area contributed by atoms with Crippen molar-refractivity contribution in [3.05, 3.63) is 64.5 Å². The van der Waals surface area contributed by atoms with Gasteiger partial charge in [-0.15, -0.1) is 0 Å². The number of hydrogen-bond donors (Lipinski definition) is 2. The molecule has 102 valence electrons. The lowest BCUT2D eigenvalue weighted by Crippen LogP contribution is -2.03. The van der Waals surface area contributed by atoms with Crippen molar-refractivity contribution >= 4 is 11.6 Å². The highest BCUT2D eigenvalue weighted by Crippen LogP contribution is 2.30. The predicted molar refractivity (Wildman–Crippen MR) is 74.0 cm³/mol. The van der Waals surface area contributed by atoms with Crippen LogP contribution in [0.2, 0.25) is 0 Å². The number of carbonyl (C=O) groups excluding carboxylic acids is 1. The van der Waals surface area contributed by atoms with Gasteiger partial charge in [0.2, 0.25) is 5.91 Å². The maximum atomic E-state index is 13.1. The van der Waals surface area contributed by atoms with Crippen molar-refractivity contribution in [3.8, 4) is 0 Å². The zero-order valence-electron chi connectivity index (χ0n) is 11.0. The number of benzene rings is 2. The lowest BCUT2D eigenvalue weighted by Gasteiger charge is -2.15. The molecule has 1 atom stereocenters. The van der Waals surface area contributed by atoms with Gasteiger partial charge in [0, 0.05) is 5.69 Å². The number of amides is 1. The van der Waals surface area contributed by atoms with Crippen molar-refractivity contribution in [3.63, 3.8) is 0 Å². The Bertz CT molecular complexity index is 697. The molecule has 0 radical (unpaired) electrons. The molecule has 0 saturated carbocycles. The van der Waals surface area contributed by atoms with E-state index in [0.717, 1.165) is 11.3 Å². The van der Waals surface area contributed by atoms with E-state index in [-0.39, 0.29) is 11.7 Å². The molecule has 1 unspecified atom stereocenters. The van der Waals surface area contributed by atoms with Crippen molar-refractivity contribution in [1.29, 1.82) is 0 Å². The first-order valence-corrected chi connectivity index (χ1v) is 6.41. The quantitative estimate of drug-likeness (QED) is 0.882. The number of rotatable bonds is 2. The van der Waals surface area contributed by atoms with Gasteiger partial charge in [-0.3, -0.25) is 4.79 Å². The van der Waals surface area contributed by atoms with Crippen LogP contribution in [0.25, 0.3) is 0 Å². The summed E-state index contributed by atoms with van der Waals surface area (Å²) < 4.78 is 13.1. The van der Waals surface area contributed by atoms with Crippen LogP contribution in [0, 0.1) is 12.7 Å². The molecule has 0 saturated heterocycles. The van der Waals surface area contributed by atoms with E-state index in [9.17, 15) is 14.3 Å². The van der Waals surface area contributed by atoms with Crippen molar-refractivity contribution in [1.82, 2.24) is 0 Å². The standard InChI is InChI=1S/C16H14FNO2/c1-9-6-12(17)3-4-13(9)16(20)10-2-5-14-11(7-10)8-15(19)18-14/h2-7,16,20H,8H2,1H3,(H,18,19). The Kier molecular flexibility index (Phi) is 3.03. The van der Waals surface area contributed by atoms with Gasteiger partial charge in [0.15, 0.2) is 0 Å². The highest BCUT2D eigenvalue weighted by molar-refractivity contribution is 5.99. The molecule has 3 rings (SSSR count). The lowest BCUT2D eigenvalue weighted by atomic mass is 9.95. The van der Waals surface area contributed by atoms with E-state index in [1.807, 2.05) is 6.07 Å². The minimum Gasteiger partial charge on any atom is -0.384 e. The van der Waals surface area contributed by atoms with Crippen LogP contribution in [-0.4, -0.2) is 11.0 Å². The molecule has 2 aromatic rings. The lowest BCUT2D eigenvalue weighted by molar-refractivity contribution is -0.115. The van der Waals surface area contributed by atoms with Crippen molar-refractivity contribution in [2.75, 3.05) is 5.32 Å². The fourth-order valence-electron chi connectivity index (χ4n) is 2.54. The maximum absolute atomic E-state index is 13.1. The van der Waals surface area contributed by atoms with E-state index >= 15 is 0 Å². The van der Waals surface area contributed by atoms with Crippen LogP contribution in [0.3, 0.4) is 0 Å². The highest BCUT2D eigenvalue weighted by atomic mass is 19.1. The number of aryl methyl sites for hydroxylation is 1. The predicted octanol–water partition coefficient (Wildman–Crippen LogP) is 2.71.